The van der Waals surface area contributed by atoms with Crippen LogP contribution in [0.2, 0.25) is 0 Å². The van der Waals surface area contributed by atoms with E-state index in [9.17, 15) is 9.59 Å². The van der Waals surface area contributed by atoms with Gasteiger partial charge >= 0.3 is 11.9 Å². The molecular formula is C11H22N2O5. The highest BCUT2D eigenvalue weighted by atomic mass is 16.4. The van der Waals surface area contributed by atoms with Gasteiger partial charge in [-0.3, -0.25) is 9.59 Å². The number of carboxylic acids is 2. The van der Waals surface area contributed by atoms with Gasteiger partial charge in [-0.1, -0.05) is 13.8 Å². The molecule has 1 aliphatic heterocycles. The fourth-order valence-electron chi connectivity index (χ4n) is 1.51. The third-order valence-electron chi connectivity index (χ3n) is 2.45. The maximum Gasteiger partial charge on any atom is 0.320 e. The van der Waals surface area contributed by atoms with E-state index >= 15 is 0 Å². The Hall–Kier alpha value is -1.18. The van der Waals surface area contributed by atoms with Crippen LogP contribution in [0.4, 0.5) is 0 Å². The minimum absolute atomic E-state index is 0.329. The van der Waals surface area contributed by atoms with Crippen molar-refractivity contribution in [3.8, 4) is 0 Å². The lowest BCUT2D eigenvalue weighted by Crippen LogP contribution is -2.31. The molecule has 0 aromatic heterocycles. The molecule has 106 valence electrons. The number of carbonyl (C=O) groups is 2. The molecule has 1 rings (SSSR count). The molecule has 0 bridgehead atoms. The maximum absolute atomic E-state index is 10.2. The first-order chi connectivity index (χ1) is 8.23. The lowest BCUT2D eigenvalue weighted by atomic mass is 10.1. The minimum atomic E-state index is -0.913. The largest absolute Gasteiger partial charge is 0.480 e. The van der Waals surface area contributed by atoms with Crippen molar-refractivity contribution in [3.63, 3.8) is 0 Å². The van der Waals surface area contributed by atoms with Gasteiger partial charge in [-0.25, -0.2) is 0 Å². The molecule has 1 saturated heterocycles. The molecule has 6 N–H and O–H groups in total. The number of rotatable bonds is 4. The van der Waals surface area contributed by atoms with Crippen LogP contribution >= 0.6 is 0 Å². The Kier molecular flexibility index (Phi) is 7.49. The summed E-state index contributed by atoms with van der Waals surface area (Å²) in [4.78, 5) is 20.3. The van der Waals surface area contributed by atoms with Gasteiger partial charge in [0.1, 0.15) is 12.1 Å². The van der Waals surface area contributed by atoms with Crippen molar-refractivity contribution in [1.29, 1.82) is 0 Å². The zero-order valence-corrected chi connectivity index (χ0v) is 10.7. The van der Waals surface area contributed by atoms with Gasteiger partial charge in [0.05, 0.1) is 6.10 Å². The first-order valence-corrected chi connectivity index (χ1v) is 5.86. The number of hydrogen-bond acceptors (Lipinski definition) is 5. The summed E-state index contributed by atoms with van der Waals surface area (Å²) in [6.07, 6.45) is 0.399. The topological polar surface area (TPSA) is 133 Å². The standard InChI is InChI=1S/C6H13NO2.C5H9NO3/c1-4(2)3-5(7)6(8)9;7-3-1-4(5(8)9)6-2-3/h4-5H,3,7H2,1-2H3,(H,8,9);3-4,6-7H,1-2H2,(H,8,9)/t5-;3-,4+/m01/s1. The summed E-state index contributed by atoms with van der Waals surface area (Å²) in [6, 6.07) is -1.23. The third-order valence-corrected chi connectivity index (χ3v) is 2.45. The number of nitrogens with two attached hydrogens (primary N) is 1. The van der Waals surface area contributed by atoms with Gasteiger partial charge in [0.15, 0.2) is 0 Å². The van der Waals surface area contributed by atoms with Crippen molar-refractivity contribution in [1.82, 2.24) is 5.32 Å². The average Bonchev–Trinajstić information content (AvgIpc) is 2.64. The fourth-order valence-corrected chi connectivity index (χ4v) is 1.51. The quantitative estimate of drug-likeness (QED) is 0.449. The molecule has 1 fully saturated rings. The van der Waals surface area contributed by atoms with Crippen molar-refractivity contribution in [2.45, 2.75) is 44.9 Å². The molecule has 18 heavy (non-hydrogen) atoms. The zero-order chi connectivity index (χ0) is 14.3. The highest BCUT2D eigenvalue weighted by Gasteiger charge is 2.27. The molecule has 0 spiro atoms. The first kappa shape index (κ1) is 16.8. The Labute approximate surface area is 106 Å². The third kappa shape index (κ3) is 7.21. The van der Waals surface area contributed by atoms with Crippen molar-refractivity contribution < 1.29 is 24.9 Å². The van der Waals surface area contributed by atoms with E-state index in [0.717, 1.165) is 0 Å². The van der Waals surface area contributed by atoms with Crippen molar-refractivity contribution in [2.24, 2.45) is 11.7 Å². The van der Waals surface area contributed by atoms with Crippen LogP contribution < -0.4 is 11.1 Å². The number of β-amino-alcohol motifs (C(OH)–C–C–N with tert-alkyl or cyclic N) is 1. The molecule has 3 atom stereocenters. The Morgan fingerprint density at radius 1 is 1.39 bits per heavy atom. The lowest BCUT2D eigenvalue weighted by Gasteiger charge is -2.07. The minimum Gasteiger partial charge on any atom is -0.480 e. The summed E-state index contributed by atoms with van der Waals surface area (Å²) in [6.45, 7) is 4.29. The molecule has 0 unspecified atom stereocenters. The van der Waals surface area contributed by atoms with Crippen LogP contribution in [0, 0.1) is 5.92 Å². The van der Waals surface area contributed by atoms with E-state index < -0.39 is 30.1 Å². The maximum atomic E-state index is 10.2. The van der Waals surface area contributed by atoms with Gasteiger partial charge in [0, 0.05) is 13.0 Å². The van der Waals surface area contributed by atoms with E-state index in [1.807, 2.05) is 13.8 Å². The number of nitrogens with one attached hydrogen (secondary N) is 1. The van der Waals surface area contributed by atoms with Gasteiger partial charge in [-0.2, -0.15) is 0 Å². The normalized spacial score (nSPS) is 24.3. The van der Waals surface area contributed by atoms with Crippen LogP contribution in [-0.4, -0.2) is 52.0 Å². The van der Waals surface area contributed by atoms with Crippen LogP contribution in [0.15, 0.2) is 0 Å². The second-order valence-corrected chi connectivity index (χ2v) is 4.76. The molecule has 0 aromatic carbocycles. The summed E-state index contributed by atoms with van der Waals surface area (Å²) in [5.41, 5.74) is 5.22. The number of carboxylic acid groups (broad SMARTS) is 2. The van der Waals surface area contributed by atoms with E-state index in [1.165, 1.54) is 0 Å². The second kappa shape index (κ2) is 8.02. The van der Waals surface area contributed by atoms with E-state index in [2.05, 4.69) is 5.32 Å². The summed E-state index contributed by atoms with van der Waals surface area (Å²) in [5, 5.41) is 28.1. The Balaban J connectivity index is 0.000000321. The van der Waals surface area contributed by atoms with Gasteiger partial charge < -0.3 is 26.4 Å². The predicted molar refractivity (Wildman–Crippen MR) is 65.1 cm³/mol. The average molecular weight is 262 g/mol. The molecule has 1 aliphatic rings. The number of aliphatic hydroxyl groups excluding tert-OH is 1. The summed E-state index contributed by atoms with van der Waals surface area (Å²) in [7, 11) is 0. The van der Waals surface area contributed by atoms with Crippen molar-refractivity contribution in [2.75, 3.05) is 6.54 Å². The molecule has 7 nitrogen and oxygen atoms in total. The van der Waals surface area contributed by atoms with E-state index in [0.29, 0.717) is 25.3 Å². The highest BCUT2D eigenvalue weighted by molar-refractivity contribution is 5.74. The number of aliphatic carboxylic acids is 2. The van der Waals surface area contributed by atoms with Gasteiger partial charge in [-0.15, -0.1) is 0 Å². The van der Waals surface area contributed by atoms with Gasteiger partial charge in [-0.05, 0) is 12.3 Å². The van der Waals surface area contributed by atoms with Crippen molar-refractivity contribution >= 4 is 11.9 Å². The monoisotopic (exact) mass is 262 g/mol. The first-order valence-electron chi connectivity index (χ1n) is 5.86. The lowest BCUT2D eigenvalue weighted by molar-refractivity contribution is -0.140. The van der Waals surface area contributed by atoms with E-state index in [-0.39, 0.29) is 0 Å². The van der Waals surface area contributed by atoms with E-state index in [1.54, 1.807) is 0 Å². The molecule has 0 radical (unpaired) electrons. The fraction of sp³-hybridized carbons (Fsp3) is 0.818. The Morgan fingerprint density at radius 2 is 1.94 bits per heavy atom. The van der Waals surface area contributed by atoms with Crippen LogP contribution in [0.5, 0.6) is 0 Å². The molecule has 0 saturated carbocycles. The molecule has 0 aromatic rings. The van der Waals surface area contributed by atoms with E-state index in [4.69, 9.17) is 21.1 Å². The van der Waals surface area contributed by atoms with Crippen LogP contribution in [0.1, 0.15) is 26.7 Å². The smallest absolute Gasteiger partial charge is 0.320 e. The summed E-state index contributed by atoms with van der Waals surface area (Å²) >= 11 is 0. The number of hydrogen-bond donors (Lipinski definition) is 5. The van der Waals surface area contributed by atoms with Crippen LogP contribution in [-0.2, 0) is 9.59 Å². The van der Waals surface area contributed by atoms with Gasteiger partial charge in [0.2, 0.25) is 0 Å². The highest BCUT2D eigenvalue weighted by Crippen LogP contribution is 2.05. The van der Waals surface area contributed by atoms with Crippen LogP contribution in [0.3, 0.4) is 0 Å². The van der Waals surface area contributed by atoms with Crippen molar-refractivity contribution in [3.05, 3.63) is 0 Å². The van der Waals surface area contributed by atoms with Crippen LogP contribution in [0.25, 0.3) is 0 Å². The summed E-state index contributed by atoms with van der Waals surface area (Å²) < 4.78 is 0. The predicted octanol–water partition coefficient (Wildman–Crippen LogP) is -0.762. The Bertz CT molecular complexity index is 283. The number of aliphatic hydroxyl groups is 1. The molecule has 0 amide bonds. The molecule has 7 heteroatoms. The zero-order valence-electron chi connectivity index (χ0n) is 10.7. The molecule has 0 aliphatic carbocycles. The molecular weight excluding hydrogens is 240 g/mol. The van der Waals surface area contributed by atoms with Gasteiger partial charge in [0.25, 0.3) is 0 Å². The molecule has 1 heterocycles. The Morgan fingerprint density at radius 3 is 2.11 bits per heavy atom. The summed E-state index contributed by atoms with van der Waals surface area (Å²) in [5.74, 6) is -1.44. The SMILES string of the molecule is CC(C)C[C@H](N)C(=O)O.O=C(O)[C@@H]1C[C@@H](O)CN1. The second-order valence-electron chi connectivity index (χ2n) is 4.76.